The molecule has 0 atom stereocenters. The lowest BCUT2D eigenvalue weighted by molar-refractivity contribution is -0.0671. The Kier molecular flexibility index (Phi) is 5.32. The zero-order valence-electron chi connectivity index (χ0n) is 9.53. The van der Waals surface area contributed by atoms with Crippen LogP contribution in [0.15, 0.2) is 35.5 Å². The third-order valence-electron chi connectivity index (χ3n) is 2.29. The van der Waals surface area contributed by atoms with Gasteiger partial charge in [0.05, 0.1) is 6.61 Å². The Hall–Kier alpha value is -0.900. The van der Waals surface area contributed by atoms with Crippen LogP contribution in [-0.4, -0.2) is 34.2 Å². The fourth-order valence-corrected chi connectivity index (χ4v) is 1.49. The minimum Gasteiger partial charge on any atom is -0.380 e. The predicted molar refractivity (Wildman–Crippen MR) is 59.6 cm³/mol. The summed E-state index contributed by atoms with van der Waals surface area (Å²) in [6, 6.07) is 0. The topological polar surface area (TPSA) is 27.7 Å². The Labute approximate surface area is 91.0 Å². The van der Waals surface area contributed by atoms with Gasteiger partial charge in [0.15, 0.2) is 6.29 Å². The fourth-order valence-electron chi connectivity index (χ4n) is 1.49. The highest BCUT2D eigenvalue weighted by atomic mass is 16.7. The van der Waals surface area contributed by atoms with Crippen LogP contribution in [0.2, 0.25) is 0 Å². The Morgan fingerprint density at radius 1 is 1.33 bits per heavy atom. The SMILES string of the molecule is COCC1=CC=CCC1=CC(OC)OC. The van der Waals surface area contributed by atoms with E-state index in [9.17, 15) is 0 Å². The van der Waals surface area contributed by atoms with Crippen LogP contribution in [0.5, 0.6) is 0 Å². The van der Waals surface area contributed by atoms with Crippen molar-refractivity contribution in [3.8, 4) is 0 Å². The van der Waals surface area contributed by atoms with E-state index in [1.807, 2.05) is 12.2 Å². The molecule has 84 valence electrons. The summed E-state index contributed by atoms with van der Waals surface area (Å²) in [4.78, 5) is 0. The number of hydrogen-bond acceptors (Lipinski definition) is 3. The molecule has 0 fully saturated rings. The number of rotatable bonds is 5. The second-order valence-corrected chi connectivity index (χ2v) is 3.29. The maximum atomic E-state index is 5.14. The van der Waals surface area contributed by atoms with Gasteiger partial charge in [-0.2, -0.15) is 0 Å². The Morgan fingerprint density at radius 3 is 2.67 bits per heavy atom. The lowest BCUT2D eigenvalue weighted by atomic mass is 9.98. The number of hydrogen-bond donors (Lipinski definition) is 0. The van der Waals surface area contributed by atoms with Crippen LogP contribution in [0.1, 0.15) is 6.42 Å². The lowest BCUT2D eigenvalue weighted by Crippen LogP contribution is -2.12. The van der Waals surface area contributed by atoms with Gasteiger partial charge in [-0.15, -0.1) is 0 Å². The van der Waals surface area contributed by atoms with Gasteiger partial charge in [0, 0.05) is 21.3 Å². The summed E-state index contributed by atoms with van der Waals surface area (Å²) in [5.74, 6) is 0. The standard InChI is InChI=1S/C12H18O3/c1-13-9-11-7-5-4-6-10(11)8-12(14-2)15-3/h4-5,7-8,12H,6,9H2,1-3H3. The van der Waals surface area contributed by atoms with Crippen LogP contribution in [-0.2, 0) is 14.2 Å². The average molecular weight is 210 g/mol. The molecule has 1 aliphatic rings. The summed E-state index contributed by atoms with van der Waals surface area (Å²) in [6.07, 6.45) is 8.80. The van der Waals surface area contributed by atoms with Gasteiger partial charge in [0.2, 0.25) is 0 Å². The van der Waals surface area contributed by atoms with E-state index in [1.54, 1.807) is 21.3 Å². The Balaban J connectivity index is 2.75. The van der Waals surface area contributed by atoms with E-state index in [-0.39, 0.29) is 6.29 Å². The summed E-state index contributed by atoms with van der Waals surface area (Å²) >= 11 is 0. The molecule has 0 aromatic carbocycles. The molecule has 0 bridgehead atoms. The van der Waals surface area contributed by atoms with Crippen molar-refractivity contribution in [3.05, 3.63) is 35.5 Å². The second kappa shape index (κ2) is 6.56. The number of ether oxygens (including phenoxy) is 3. The van der Waals surface area contributed by atoms with Crippen LogP contribution >= 0.6 is 0 Å². The largest absolute Gasteiger partial charge is 0.380 e. The van der Waals surface area contributed by atoms with Gasteiger partial charge in [-0.1, -0.05) is 18.2 Å². The molecule has 0 heterocycles. The number of methoxy groups -OCH3 is 3. The minimum atomic E-state index is -0.285. The van der Waals surface area contributed by atoms with Crippen molar-refractivity contribution < 1.29 is 14.2 Å². The first-order valence-corrected chi connectivity index (χ1v) is 4.93. The van der Waals surface area contributed by atoms with E-state index in [0.29, 0.717) is 6.61 Å². The van der Waals surface area contributed by atoms with Crippen molar-refractivity contribution in [2.45, 2.75) is 12.7 Å². The maximum Gasteiger partial charge on any atom is 0.176 e. The molecular formula is C12H18O3. The molecule has 0 N–H and O–H groups in total. The van der Waals surface area contributed by atoms with Gasteiger partial charge in [-0.05, 0) is 23.6 Å². The van der Waals surface area contributed by atoms with E-state index in [0.717, 1.165) is 6.42 Å². The monoisotopic (exact) mass is 210 g/mol. The lowest BCUT2D eigenvalue weighted by Gasteiger charge is -2.16. The first-order valence-electron chi connectivity index (χ1n) is 4.93. The molecule has 0 aromatic heterocycles. The minimum absolute atomic E-state index is 0.285. The Morgan fingerprint density at radius 2 is 2.07 bits per heavy atom. The van der Waals surface area contributed by atoms with Gasteiger partial charge in [0.25, 0.3) is 0 Å². The van der Waals surface area contributed by atoms with Gasteiger partial charge in [-0.3, -0.25) is 0 Å². The summed E-state index contributed by atoms with van der Waals surface area (Å²) in [7, 11) is 4.95. The summed E-state index contributed by atoms with van der Waals surface area (Å²) < 4.78 is 15.4. The molecule has 0 radical (unpaired) electrons. The molecule has 15 heavy (non-hydrogen) atoms. The summed E-state index contributed by atoms with van der Waals surface area (Å²) in [6.45, 7) is 0.621. The molecule has 3 nitrogen and oxygen atoms in total. The molecule has 3 heteroatoms. The highest BCUT2D eigenvalue weighted by Crippen LogP contribution is 2.20. The highest BCUT2D eigenvalue weighted by Gasteiger charge is 2.09. The first kappa shape index (κ1) is 12.2. The second-order valence-electron chi connectivity index (χ2n) is 3.29. The van der Waals surface area contributed by atoms with Gasteiger partial charge < -0.3 is 14.2 Å². The van der Waals surface area contributed by atoms with E-state index in [2.05, 4.69) is 12.2 Å². The van der Waals surface area contributed by atoms with Crippen LogP contribution in [0.25, 0.3) is 0 Å². The first-order chi connectivity index (χ1) is 7.31. The highest BCUT2D eigenvalue weighted by molar-refractivity contribution is 5.39. The van der Waals surface area contributed by atoms with Crippen molar-refractivity contribution in [2.75, 3.05) is 27.9 Å². The zero-order chi connectivity index (χ0) is 11.1. The third kappa shape index (κ3) is 3.63. The van der Waals surface area contributed by atoms with E-state index in [4.69, 9.17) is 14.2 Å². The van der Waals surface area contributed by atoms with Gasteiger partial charge >= 0.3 is 0 Å². The summed E-state index contributed by atoms with van der Waals surface area (Å²) in [5.41, 5.74) is 2.38. The molecule has 0 aliphatic heterocycles. The van der Waals surface area contributed by atoms with Crippen molar-refractivity contribution >= 4 is 0 Å². The van der Waals surface area contributed by atoms with Crippen molar-refractivity contribution in [3.63, 3.8) is 0 Å². The Bertz CT molecular complexity index is 273. The smallest absolute Gasteiger partial charge is 0.176 e. The molecule has 0 amide bonds. The molecule has 1 rings (SSSR count). The molecular weight excluding hydrogens is 192 g/mol. The number of allylic oxidation sites excluding steroid dienone is 3. The van der Waals surface area contributed by atoms with Crippen molar-refractivity contribution in [1.29, 1.82) is 0 Å². The zero-order valence-corrected chi connectivity index (χ0v) is 9.53. The molecule has 0 saturated carbocycles. The molecule has 0 aromatic rings. The van der Waals surface area contributed by atoms with E-state index >= 15 is 0 Å². The van der Waals surface area contributed by atoms with Crippen LogP contribution in [0.4, 0.5) is 0 Å². The molecule has 0 unspecified atom stereocenters. The quantitative estimate of drug-likeness (QED) is 0.650. The predicted octanol–water partition coefficient (Wildman–Crippen LogP) is 2.06. The van der Waals surface area contributed by atoms with Crippen LogP contribution in [0, 0.1) is 0 Å². The van der Waals surface area contributed by atoms with Gasteiger partial charge in [-0.25, -0.2) is 0 Å². The maximum absolute atomic E-state index is 5.14. The van der Waals surface area contributed by atoms with Crippen LogP contribution < -0.4 is 0 Å². The van der Waals surface area contributed by atoms with E-state index in [1.165, 1.54) is 11.1 Å². The molecule has 0 spiro atoms. The van der Waals surface area contributed by atoms with Crippen molar-refractivity contribution in [2.24, 2.45) is 0 Å². The van der Waals surface area contributed by atoms with E-state index < -0.39 is 0 Å². The van der Waals surface area contributed by atoms with Gasteiger partial charge in [0.1, 0.15) is 0 Å². The third-order valence-corrected chi connectivity index (χ3v) is 2.29. The molecule has 1 aliphatic carbocycles. The summed E-state index contributed by atoms with van der Waals surface area (Å²) in [5, 5.41) is 0. The van der Waals surface area contributed by atoms with Crippen molar-refractivity contribution in [1.82, 2.24) is 0 Å². The fraction of sp³-hybridized carbons (Fsp3) is 0.500. The van der Waals surface area contributed by atoms with Crippen LogP contribution in [0.3, 0.4) is 0 Å². The average Bonchev–Trinajstić information content (AvgIpc) is 2.28. The molecule has 0 saturated heterocycles. The normalized spacial score (nSPS) is 18.7.